The molecule has 6 nitrogen and oxygen atoms in total. The summed E-state index contributed by atoms with van der Waals surface area (Å²) >= 11 is 1.63. The second-order valence-electron chi connectivity index (χ2n) is 5.91. The molecule has 1 saturated carbocycles. The number of aromatic nitrogens is 2. The van der Waals surface area contributed by atoms with E-state index in [1.165, 1.54) is 0 Å². The monoisotopic (exact) mass is 355 g/mol. The number of rotatable bonds is 7. The lowest BCUT2D eigenvalue weighted by Gasteiger charge is -2.21. The summed E-state index contributed by atoms with van der Waals surface area (Å²) in [6.45, 7) is 0.520. The van der Waals surface area contributed by atoms with Crippen LogP contribution >= 0.6 is 11.3 Å². The second kappa shape index (κ2) is 7.06. The molecule has 0 N–H and O–H groups in total. The van der Waals surface area contributed by atoms with Crippen molar-refractivity contribution in [1.29, 1.82) is 0 Å². The highest BCUT2D eigenvalue weighted by Crippen LogP contribution is 2.29. The number of ether oxygens (including phenoxy) is 1. The number of carbonyl (C=O) groups excluding carboxylic acids is 1. The van der Waals surface area contributed by atoms with Gasteiger partial charge in [-0.05, 0) is 47.4 Å². The highest BCUT2D eigenvalue weighted by atomic mass is 32.1. The molecule has 128 valence electrons. The van der Waals surface area contributed by atoms with Crippen molar-refractivity contribution in [1.82, 2.24) is 15.1 Å². The molecule has 1 fully saturated rings. The van der Waals surface area contributed by atoms with E-state index in [0.717, 1.165) is 24.0 Å². The Bertz CT molecular complexity index is 828. The molecule has 0 radical (unpaired) electrons. The van der Waals surface area contributed by atoms with Crippen molar-refractivity contribution in [2.24, 2.45) is 0 Å². The Kier molecular flexibility index (Phi) is 4.47. The molecular weight excluding hydrogens is 338 g/mol. The van der Waals surface area contributed by atoms with Crippen molar-refractivity contribution >= 4 is 17.2 Å². The van der Waals surface area contributed by atoms with Crippen LogP contribution in [-0.2, 0) is 11.3 Å². The summed E-state index contributed by atoms with van der Waals surface area (Å²) in [6.07, 6.45) is 2.11. The first kappa shape index (κ1) is 15.8. The molecule has 3 aromatic rings. The molecule has 0 aliphatic heterocycles. The molecule has 0 spiro atoms. The molecule has 25 heavy (non-hydrogen) atoms. The van der Waals surface area contributed by atoms with Gasteiger partial charge < -0.3 is 14.1 Å². The maximum atomic E-state index is 12.5. The van der Waals surface area contributed by atoms with E-state index in [1.54, 1.807) is 11.3 Å². The number of benzene rings is 1. The van der Waals surface area contributed by atoms with Crippen LogP contribution in [0, 0.1) is 0 Å². The summed E-state index contributed by atoms with van der Waals surface area (Å²) < 4.78 is 10.9. The number of nitrogens with zero attached hydrogens (tertiary/aromatic N) is 3. The Morgan fingerprint density at radius 3 is 2.80 bits per heavy atom. The van der Waals surface area contributed by atoms with Crippen molar-refractivity contribution in [3.63, 3.8) is 0 Å². The van der Waals surface area contributed by atoms with Gasteiger partial charge in [-0.2, -0.15) is 11.3 Å². The lowest BCUT2D eigenvalue weighted by atomic mass is 10.2. The number of carbonyl (C=O) groups is 1. The first-order chi connectivity index (χ1) is 12.3. The Morgan fingerprint density at radius 1 is 1.24 bits per heavy atom. The minimum atomic E-state index is -0.100. The van der Waals surface area contributed by atoms with Gasteiger partial charge >= 0.3 is 6.08 Å². The van der Waals surface area contributed by atoms with Crippen molar-refractivity contribution < 1.29 is 13.9 Å². The molecule has 1 aliphatic rings. The quantitative estimate of drug-likeness (QED) is 0.650. The van der Waals surface area contributed by atoms with Crippen LogP contribution in [0.4, 0.5) is 0 Å². The summed E-state index contributed by atoms with van der Waals surface area (Å²) in [4.78, 5) is 14.4. The van der Waals surface area contributed by atoms with Crippen molar-refractivity contribution in [2.45, 2.75) is 25.4 Å². The molecule has 0 saturated heterocycles. The van der Waals surface area contributed by atoms with Crippen LogP contribution < -0.4 is 4.74 Å². The topological polar surface area (TPSA) is 68.5 Å². The molecule has 0 unspecified atom stereocenters. The van der Waals surface area contributed by atoms with E-state index >= 15 is 0 Å². The normalized spacial score (nSPS) is 13.6. The molecule has 1 amide bonds. The zero-order valence-corrected chi connectivity index (χ0v) is 14.3. The van der Waals surface area contributed by atoms with Crippen molar-refractivity contribution in [3.05, 3.63) is 52.7 Å². The smallest absolute Gasteiger partial charge is 0.415 e. The summed E-state index contributed by atoms with van der Waals surface area (Å²) in [5.74, 6) is 0.313. The van der Waals surface area contributed by atoms with Crippen molar-refractivity contribution in [3.8, 4) is 17.5 Å². The van der Waals surface area contributed by atoms with Gasteiger partial charge in [-0.3, -0.25) is 4.79 Å². The highest BCUT2D eigenvalue weighted by Gasteiger charge is 2.33. The van der Waals surface area contributed by atoms with Crippen LogP contribution in [0.3, 0.4) is 0 Å². The maximum Gasteiger partial charge on any atom is 0.415 e. The van der Waals surface area contributed by atoms with E-state index in [1.807, 2.05) is 46.7 Å². The standard InChI is InChI=1S/C18H17N3O3S/c22-16(21(15-6-7-15)10-13-8-9-25-12-13)11-23-18-20-19-17(24-18)14-4-2-1-3-5-14/h1-5,8-9,12,15H,6-7,10-11H2. The summed E-state index contributed by atoms with van der Waals surface area (Å²) in [5.41, 5.74) is 1.96. The van der Waals surface area contributed by atoms with E-state index in [9.17, 15) is 4.79 Å². The summed E-state index contributed by atoms with van der Waals surface area (Å²) in [7, 11) is 0. The van der Waals surface area contributed by atoms with Crippen LogP contribution in [0.1, 0.15) is 18.4 Å². The van der Waals surface area contributed by atoms with Crippen LogP contribution in [0.2, 0.25) is 0 Å². The first-order valence-electron chi connectivity index (χ1n) is 8.12. The average Bonchev–Trinajstić information content (AvgIpc) is 3.16. The number of amides is 1. The highest BCUT2D eigenvalue weighted by molar-refractivity contribution is 7.07. The largest absolute Gasteiger partial charge is 0.439 e. The van der Waals surface area contributed by atoms with Gasteiger partial charge in [0.05, 0.1) is 0 Å². The van der Waals surface area contributed by atoms with Gasteiger partial charge in [0, 0.05) is 18.2 Å². The van der Waals surface area contributed by atoms with Crippen LogP contribution in [0.15, 0.2) is 51.6 Å². The molecule has 4 rings (SSSR count). The number of hydrogen-bond donors (Lipinski definition) is 0. The number of thiophene rings is 1. The van der Waals surface area contributed by atoms with Crippen molar-refractivity contribution in [2.75, 3.05) is 6.61 Å². The molecule has 0 atom stereocenters. The second-order valence-corrected chi connectivity index (χ2v) is 6.69. The zero-order valence-electron chi connectivity index (χ0n) is 13.5. The Morgan fingerprint density at radius 2 is 2.08 bits per heavy atom. The van der Waals surface area contributed by atoms with E-state index < -0.39 is 0 Å². The van der Waals surface area contributed by atoms with Gasteiger partial charge in [0.2, 0.25) is 0 Å². The molecule has 2 heterocycles. The van der Waals surface area contributed by atoms with E-state index in [4.69, 9.17) is 9.15 Å². The molecule has 2 aromatic heterocycles. The van der Waals surface area contributed by atoms with Gasteiger partial charge in [-0.1, -0.05) is 23.3 Å². The fourth-order valence-corrected chi connectivity index (χ4v) is 3.22. The molecule has 1 aromatic carbocycles. The van der Waals surface area contributed by atoms with Crippen LogP contribution in [0.5, 0.6) is 6.08 Å². The Hall–Kier alpha value is -2.67. The fourth-order valence-electron chi connectivity index (χ4n) is 2.56. The zero-order chi connectivity index (χ0) is 17.1. The van der Waals surface area contributed by atoms with E-state index in [2.05, 4.69) is 15.6 Å². The first-order valence-corrected chi connectivity index (χ1v) is 9.06. The SMILES string of the molecule is O=C(COc1nnc(-c2ccccc2)o1)N(Cc1ccsc1)C1CC1. The van der Waals surface area contributed by atoms with Gasteiger partial charge in [-0.15, -0.1) is 5.10 Å². The predicted molar refractivity (Wildman–Crippen MR) is 93.1 cm³/mol. The fraction of sp³-hybridized carbons (Fsp3) is 0.278. The third kappa shape index (κ3) is 3.88. The van der Waals surface area contributed by atoms with Gasteiger partial charge in [-0.25, -0.2) is 0 Å². The minimum absolute atomic E-state index is 0.0125. The maximum absolute atomic E-state index is 12.5. The third-order valence-electron chi connectivity index (χ3n) is 3.99. The van der Waals surface area contributed by atoms with Gasteiger partial charge in [0.1, 0.15) is 0 Å². The number of hydrogen-bond acceptors (Lipinski definition) is 6. The predicted octanol–water partition coefficient (Wildman–Crippen LogP) is 3.37. The lowest BCUT2D eigenvalue weighted by Crippen LogP contribution is -2.36. The summed E-state index contributed by atoms with van der Waals surface area (Å²) in [5, 5.41) is 11.9. The molecule has 7 heteroatoms. The molecule has 0 bridgehead atoms. The van der Waals surface area contributed by atoms with Gasteiger partial charge in [0.15, 0.2) is 6.61 Å². The van der Waals surface area contributed by atoms with Gasteiger partial charge in [0.25, 0.3) is 11.8 Å². The summed E-state index contributed by atoms with van der Waals surface area (Å²) in [6, 6.07) is 11.8. The van der Waals surface area contributed by atoms with E-state index in [0.29, 0.717) is 18.5 Å². The Labute approximate surface area is 149 Å². The average molecular weight is 355 g/mol. The lowest BCUT2D eigenvalue weighted by molar-refractivity contribution is -0.135. The molecule has 1 aliphatic carbocycles. The third-order valence-corrected chi connectivity index (χ3v) is 4.72. The van der Waals surface area contributed by atoms with E-state index in [-0.39, 0.29) is 18.6 Å². The minimum Gasteiger partial charge on any atom is -0.439 e. The molecular formula is C18H17N3O3S. The van der Waals surface area contributed by atoms with Crippen LogP contribution in [-0.4, -0.2) is 33.7 Å². The Balaban J connectivity index is 1.37. The van der Waals surface area contributed by atoms with Crippen LogP contribution in [0.25, 0.3) is 11.5 Å².